The zero-order valence-electron chi connectivity index (χ0n) is 16.8. The average Bonchev–Trinajstić information content (AvgIpc) is 3.39. The summed E-state index contributed by atoms with van der Waals surface area (Å²) in [5.41, 5.74) is 3.96. The molecule has 0 fully saturated rings. The third kappa shape index (κ3) is 5.39. The molecule has 2 heterocycles. The zero-order valence-corrected chi connectivity index (χ0v) is 16.8. The van der Waals surface area contributed by atoms with E-state index in [2.05, 4.69) is 51.9 Å². The number of guanidine groups is 1. The maximum Gasteiger partial charge on any atom is 0.190 e. The molecular weight excluding hydrogens is 352 g/mol. The van der Waals surface area contributed by atoms with Gasteiger partial charge in [-0.15, -0.1) is 0 Å². The number of furan rings is 1. The molecule has 0 aliphatic heterocycles. The summed E-state index contributed by atoms with van der Waals surface area (Å²) in [6.07, 6.45) is 6.67. The summed E-state index contributed by atoms with van der Waals surface area (Å²) in [7, 11) is 1.79. The van der Waals surface area contributed by atoms with E-state index in [-0.39, 0.29) is 0 Å². The summed E-state index contributed by atoms with van der Waals surface area (Å²) in [5, 5.41) is 8.03. The van der Waals surface area contributed by atoms with Crippen LogP contribution in [-0.2, 0) is 24.2 Å². The predicted octanol–water partition coefficient (Wildman–Crippen LogP) is 3.64. The minimum absolute atomic E-state index is 0.518. The molecule has 0 atom stereocenters. The van der Waals surface area contributed by atoms with Gasteiger partial charge in [-0.2, -0.15) is 0 Å². The Hall–Kier alpha value is -2.73. The monoisotopic (exact) mass is 382 g/mol. The van der Waals surface area contributed by atoms with Gasteiger partial charge in [0.15, 0.2) is 5.96 Å². The molecule has 0 saturated heterocycles. The number of nitrogens with one attached hydrogen (secondary N) is 3. The van der Waals surface area contributed by atoms with Crippen molar-refractivity contribution in [3.8, 4) is 0 Å². The average molecular weight is 383 g/mol. The number of para-hydroxylation sites is 1. The summed E-state index contributed by atoms with van der Waals surface area (Å²) in [6, 6.07) is 10.3. The Balaban J connectivity index is 1.35. The van der Waals surface area contributed by atoms with Gasteiger partial charge in [-0.3, -0.25) is 4.99 Å². The molecule has 0 aliphatic rings. The second kappa shape index (κ2) is 10.6. The Morgan fingerprint density at radius 2 is 2.04 bits per heavy atom. The summed E-state index contributed by atoms with van der Waals surface area (Å²) in [6.45, 7) is 5.03. The van der Waals surface area contributed by atoms with E-state index in [1.54, 1.807) is 13.3 Å². The molecule has 1 aromatic carbocycles. The number of ether oxygens (including phenoxy) is 1. The first-order chi connectivity index (χ1) is 13.8. The fourth-order valence-electron chi connectivity index (χ4n) is 3.26. The minimum atomic E-state index is 0.518. The third-order valence-corrected chi connectivity index (χ3v) is 4.76. The summed E-state index contributed by atoms with van der Waals surface area (Å²) in [4.78, 5) is 7.72. The van der Waals surface area contributed by atoms with Crippen molar-refractivity contribution in [2.24, 2.45) is 4.99 Å². The predicted molar refractivity (Wildman–Crippen MR) is 114 cm³/mol. The topological polar surface area (TPSA) is 74.6 Å². The van der Waals surface area contributed by atoms with Crippen molar-refractivity contribution in [2.75, 3.05) is 26.7 Å². The molecular formula is C22H30N4O2. The highest BCUT2D eigenvalue weighted by atomic mass is 16.5. The highest BCUT2D eigenvalue weighted by Gasteiger charge is 2.06. The first-order valence-electron chi connectivity index (χ1n) is 9.94. The van der Waals surface area contributed by atoms with E-state index >= 15 is 0 Å². The van der Waals surface area contributed by atoms with Gasteiger partial charge in [0.2, 0.25) is 0 Å². The van der Waals surface area contributed by atoms with Gasteiger partial charge in [-0.25, -0.2) is 0 Å². The van der Waals surface area contributed by atoms with Crippen molar-refractivity contribution in [3.05, 3.63) is 59.7 Å². The quantitative estimate of drug-likeness (QED) is 0.284. The van der Waals surface area contributed by atoms with E-state index < -0.39 is 0 Å². The third-order valence-electron chi connectivity index (χ3n) is 4.76. The molecule has 6 nitrogen and oxygen atoms in total. The molecule has 0 aliphatic carbocycles. The SMILES string of the molecule is CCc1cccc2c(CCNC(=NC)NCCCOCc3ccco3)c[nH]c12. The maximum atomic E-state index is 5.59. The second-order valence-electron chi connectivity index (χ2n) is 6.67. The van der Waals surface area contributed by atoms with Crippen LogP contribution in [0.25, 0.3) is 10.9 Å². The standard InChI is InChI=1S/C22H30N4O2/c1-3-17-7-4-9-20-18(15-26-21(17)20)10-12-25-22(23-2)24-11-6-13-27-16-19-8-5-14-28-19/h4-5,7-9,14-15,26H,3,6,10-13,16H2,1-2H3,(H2,23,24,25). The van der Waals surface area contributed by atoms with Crippen LogP contribution in [0, 0.1) is 0 Å². The summed E-state index contributed by atoms with van der Waals surface area (Å²) in [5.74, 6) is 1.67. The van der Waals surface area contributed by atoms with Gasteiger partial charge in [0.25, 0.3) is 0 Å². The number of aromatic nitrogens is 1. The number of hydrogen-bond acceptors (Lipinski definition) is 3. The van der Waals surface area contributed by atoms with Crippen LogP contribution in [0.4, 0.5) is 0 Å². The fourth-order valence-corrected chi connectivity index (χ4v) is 3.26. The van der Waals surface area contributed by atoms with Gasteiger partial charge in [-0.1, -0.05) is 25.1 Å². The molecule has 0 amide bonds. The second-order valence-corrected chi connectivity index (χ2v) is 6.67. The number of rotatable bonds is 10. The van der Waals surface area contributed by atoms with E-state index in [4.69, 9.17) is 9.15 Å². The molecule has 0 spiro atoms. The van der Waals surface area contributed by atoms with E-state index in [9.17, 15) is 0 Å². The van der Waals surface area contributed by atoms with Crippen molar-refractivity contribution in [2.45, 2.75) is 32.8 Å². The van der Waals surface area contributed by atoms with Crippen LogP contribution >= 0.6 is 0 Å². The molecule has 6 heteroatoms. The zero-order chi connectivity index (χ0) is 19.6. The molecule has 28 heavy (non-hydrogen) atoms. The Bertz CT molecular complexity index is 868. The molecule has 3 N–H and O–H groups in total. The van der Waals surface area contributed by atoms with E-state index in [0.29, 0.717) is 13.2 Å². The lowest BCUT2D eigenvalue weighted by atomic mass is 10.1. The Morgan fingerprint density at radius 1 is 1.14 bits per heavy atom. The minimum Gasteiger partial charge on any atom is -0.467 e. The lowest BCUT2D eigenvalue weighted by Crippen LogP contribution is -2.39. The van der Waals surface area contributed by atoms with Crippen LogP contribution in [0.1, 0.15) is 30.2 Å². The number of fused-ring (bicyclic) bond motifs is 1. The first-order valence-corrected chi connectivity index (χ1v) is 9.94. The smallest absolute Gasteiger partial charge is 0.190 e. The Kier molecular flexibility index (Phi) is 7.55. The van der Waals surface area contributed by atoms with Crippen molar-refractivity contribution in [1.29, 1.82) is 0 Å². The van der Waals surface area contributed by atoms with Crippen molar-refractivity contribution in [3.63, 3.8) is 0 Å². The lowest BCUT2D eigenvalue weighted by Gasteiger charge is -2.11. The van der Waals surface area contributed by atoms with Crippen LogP contribution in [0.3, 0.4) is 0 Å². The molecule has 0 radical (unpaired) electrons. The highest BCUT2D eigenvalue weighted by Crippen LogP contribution is 2.22. The highest BCUT2D eigenvalue weighted by molar-refractivity contribution is 5.86. The number of benzene rings is 1. The van der Waals surface area contributed by atoms with Crippen molar-refractivity contribution < 1.29 is 9.15 Å². The number of hydrogen-bond donors (Lipinski definition) is 3. The summed E-state index contributed by atoms with van der Waals surface area (Å²) >= 11 is 0. The molecule has 150 valence electrons. The Morgan fingerprint density at radius 3 is 2.82 bits per heavy atom. The first kappa shape index (κ1) is 20.0. The number of nitrogens with zero attached hydrogens (tertiary/aromatic N) is 1. The Labute approximate surface area is 166 Å². The molecule has 0 bridgehead atoms. The number of aliphatic imine (C=N–C) groups is 1. The largest absolute Gasteiger partial charge is 0.467 e. The number of H-pyrrole nitrogens is 1. The van der Waals surface area contributed by atoms with E-state index in [0.717, 1.165) is 44.1 Å². The molecule has 3 rings (SSSR count). The molecule has 3 aromatic rings. The van der Waals surface area contributed by atoms with Crippen LogP contribution in [0.15, 0.2) is 52.2 Å². The fraction of sp³-hybridized carbons (Fsp3) is 0.409. The van der Waals surface area contributed by atoms with Gasteiger partial charge in [0.1, 0.15) is 12.4 Å². The van der Waals surface area contributed by atoms with E-state index in [1.165, 1.54) is 22.0 Å². The van der Waals surface area contributed by atoms with Crippen molar-refractivity contribution in [1.82, 2.24) is 15.6 Å². The van der Waals surface area contributed by atoms with Gasteiger partial charge >= 0.3 is 0 Å². The molecule has 2 aromatic heterocycles. The van der Waals surface area contributed by atoms with Crippen LogP contribution in [0.5, 0.6) is 0 Å². The number of aryl methyl sites for hydroxylation is 1. The van der Waals surface area contributed by atoms with E-state index in [1.807, 2.05) is 12.1 Å². The van der Waals surface area contributed by atoms with Crippen molar-refractivity contribution >= 4 is 16.9 Å². The van der Waals surface area contributed by atoms with Gasteiger partial charge < -0.3 is 24.8 Å². The van der Waals surface area contributed by atoms with Gasteiger partial charge in [-0.05, 0) is 42.5 Å². The van der Waals surface area contributed by atoms with Crippen LogP contribution < -0.4 is 10.6 Å². The van der Waals surface area contributed by atoms with Gasteiger partial charge in [0.05, 0.1) is 6.26 Å². The molecule has 0 unspecified atom stereocenters. The summed E-state index contributed by atoms with van der Waals surface area (Å²) < 4.78 is 10.8. The molecule has 0 saturated carbocycles. The normalized spacial score (nSPS) is 11.9. The van der Waals surface area contributed by atoms with Gasteiger partial charge in [0, 0.05) is 43.8 Å². The van der Waals surface area contributed by atoms with Crippen LogP contribution in [-0.4, -0.2) is 37.7 Å². The lowest BCUT2D eigenvalue weighted by molar-refractivity contribution is 0.105. The maximum absolute atomic E-state index is 5.59. The van der Waals surface area contributed by atoms with Crippen LogP contribution in [0.2, 0.25) is 0 Å². The number of aromatic amines is 1.